The van der Waals surface area contributed by atoms with Crippen molar-refractivity contribution in [2.24, 2.45) is 0 Å². The Hall–Kier alpha value is -2.29. The van der Waals surface area contributed by atoms with Crippen LogP contribution in [-0.2, 0) is 0 Å². The highest BCUT2D eigenvalue weighted by atomic mass is 16.3. The van der Waals surface area contributed by atoms with Crippen LogP contribution in [0.5, 0.6) is 11.5 Å². The lowest BCUT2D eigenvalue weighted by Crippen LogP contribution is -2.04. The third-order valence-corrected chi connectivity index (χ3v) is 3.89. The minimum absolute atomic E-state index is 0.0207. The van der Waals surface area contributed by atoms with E-state index in [1.165, 1.54) is 0 Å². The van der Waals surface area contributed by atoms with Gasteiger partial charge in [0.05, 0.1) is 11.1 Å². The van der Waals surface area contributed by atoms with Gasteiger partial charge < -0.3 is 10.2 Å². The third-order valence-electron chi connectivity index (χ3n) is 3.89. The molecule has 0 aliphatic heterocycles. The van der Waals surface area contributed by atoms with E-state index in [0.29, 0.717) is 11.1 Å². The highest BCUT2D eigenvalue weighted by Gasteiger charge is 2.20. The van der Waals surface area contributed by atoms with Gasteiger partial charge in [0.2, 0.25) is 0 Å². The molecule has 0 aromatic heterocycles. The summed E-state index contributed by atoms with van der Waals surface area (Å²) in [5, 5.41) is 20.2. The van der Waals surface area contributed by atoms with E-state index in [2.05, 4.69) is 0 Å². The molecular formula is C17H18O3. The fourth-order valence-electron chi connectivity index (χ4n) is 2.11. The van der Waals surface area contributed by atoms with Gasteiger partial charge in [0.25, 0.3) is 0 Å². The predicted molar refractivity (Wildman–Crippen MR) is 78.6 cm³/mol. The van der Waals surface area contributed by atoms with Crippen LogP contribution in [0.25, 0.3) is 0 Å². The number of hydrogen-bond donors (Lipinski definition) is 2. The van der Waals surface area contributed by atoms with Crippen molar-refractivity contribution in [2.75, 3.05) is 0 Å². The molecule has 0 heterocycles. The summed E-state index contributed by atoms with van der Waals surface area (Å²) in [4.78, 5) is 12.5. The molecule has 0 bridgehead atoms. The zero-order chi connectivity index (χ0) is 15.0. The first-order valence-electron chi connectivity index (χ1n) is 6.47. The van der Waals surface area contributed by atoms with Gasteiger partial charge in [0.1, 0.15) is 11.5 Å². The van der Waals surface area contributed by atoms with E-state index in [4.69, 9.17) is 0 Å². The van der Waals surface area contributed by atoms with Gasteiger partial charge in [-0.25, -0.2) is 0 Å². The Kier molecular flexibility index (Phi) is 3.53. The Morgan fingerprint density at radius 2 is 1.10 bits per heavy atom. The molecule has 0 saturated heterocycles. The van der Waals surface area contributed by atoms with Gasteiger partial charge >= 0.3 is 0 Å². The summed E-state index contributed by atoms with van der Waals surface area (Å²) in [6.07, 6.45) is 0. The number of phenolic OH excluding ortho intramolecular Hbond substituents is 2. The van der Waals surface area contributed by atoms with Crippen LogP contribution in [0.4, 0.5) is 0 Å². The van der Waals surface area contributed by atoms with Crippen LogP contribution in [-0.4, -0.2) is 16.0 Å². The minimum Gasteiger partial charge on any atom is -0.507 e. The van der Waals surface area contributed by atoms with Crippen molar-refractivity contribution in [1.29, 1.82) is 0 Å². The number of aryl methyl sites for hydroxylation is 2. The monoisotopic (exact) mass is 270 g/mol. The molecular weight excluding hydrogens is 252 g/mol. The SMILES string of the molecule is Cc1ccc(C(=O)c2ccc(C)c(C)c2O)c(O)c1C. The molecule has 2 rings (SSSR count). The number of carbonyl (C=O) groups is 1. The Labute approximate surface area is 118 Å². The standard InChI is InChI=1S/C17H18O3/c1-9-5-7-13(15(18)11(9)3)17(20)14-8-6-10(2)12(4)16(14)19/h5-8,18-19H,1-4H3. The van der Waals surface area contributed by atoms with Crippen molar-refractivity contribution < 1.29 is 15.0 Å². The number of carbonyl (C=O) groups excluding carboxylic acids is 1. The topological polar surface area (TPSA) is 57.5 Å². The van der Waals surface area contributed by atoms with Gasteiger partial charge in [0.15, 0.2) is 5.78 Å². The molecule has 2 N–H and O–H groups in total. The van der Waals surface area contributed by atoms with Gasteiger partial charge in [-0.1, -0.05) is 12.1 Å². The van der Waals surface area contributed by atoms with Crippen molar-refractivity contribution in [3.8, 4) is 11.5 Å². The molecule has 2 aromatic carbocycles. The van der Waals surface area contributed by atoms with Crippen LogP contribution >= 0.6 is 0 Å². The second-order valence-electron chi connectivity index (χ2n) is 5.14. The molecule has 2 aromatic rings. The maximum absolute atomic E-state index is 12.5. The summed E-state index contributed by atoms with van der Waals surface area (Å²) < 4.78 is 0. The first-order valence-corrected chi connectivity index (χ1v) is 6.47. The molecule has 0 amide bonds. The van der Waals surface area contributed by atoms with Crippen LogP contribution < -0.4 is 0 Å². The lowest BCUT2D eigenvalue weighted by molar-refractivity contribution is 0.103. The van der Waals surface area contributed by atoms with Crippen molar-refractivity contribution >= 4 is 5.78 Å². The van der Waals surface area contributed by atoms with Crippen LogP contribution in [0.2, 0.25) is 0 Å². The molecule has 0 radical (unpaired) electrons. The average Bonchev–Trinajstić information content (AvgIpc) is 2.42. The molecule has 0 fully saturated rings. The van der Waals surface area contributed by atoms with Gasteiger partial charge in [-0.3, -0.25) is 4.79 Å². The second kappa shape index (κ2) is 5.00. The van der Waals surface area contributed by atoms with E-state index in [0.717, 1.165) is 11.1 Å². The Balaban J connectivity index is 2.58. The van der Waals surface area contributed by atoms with E-state index < -0.39 is 0 Å². The molecule has 3 nitrogen and oxygen atoms in total. The van der Waals surface area contributed by atoms with E-state index in [9.17, 15) is 15.0 Å². The second-order valence-corrected chi connectivity index (χ2v) is 5.14. The van der Waals surface area contributed by atoms with Crippen molar-refractivity contribution in [2.45, 2.75) is 27.7 Å². The van der Waals surface area contributed by atoms with E-state index in [1.807, 2.05) is 13.8 Å². The lowest BCUT2D eigenvalue weighted by atomic mass is 9.95. The van der Waals surface area contributed by atoms with Crippen LogP contribution in [0.15, 0.2) is 24.3 Å². The average molecular weight is 270 g/mol. The molecule has 0 aliphatic carbocycles. The molecule has 3 heteroatoms. The first-order chi connectivity index (χ1) is 9.34. The highest BCUT2D eigenvalue weighted by Crippen LogP contribution is 2.31. The third kappa shape index (κ3) is 2.16. The summed E-state index contributed by atoms with van der Waals surface area (Å²) in [6.45, 7) is 7.27. The first kappa shape index (κ1) is 14.1. The molecule has 0 spiro atoms. The van der Waals surface area contributed by atoms with Gasteiger partial charge in [0, 0.05) is 0 Å². The zero-order valence-corrected chi connectivity index (χ0v) is 12.1. The number of rotatable bonds is 2. The molecule has 104 valence electrons. The lowest BCUT2D eigenvalue weighted by Gasteiger charge is -2.12. The van der Waals surface area contributed by atoms with E-state index in [1.54, 1.807) is 38.1 Å². The van der Waals surface area contributed by atoms with Crippen molar-refractivity contribution in [3.05, 3.63) is 57.6 Å². The quantitative estimate of drug-likeness (QED) is 0.820. The summed E-state index contributed by atoms with van der Waals surface area (Å²) in [7, 11) is 0. The number of aromatic hydroxyl groups is 2. The van der Waals surface area contributed by atoms with Crippen molar-refractivity contribution in [3.63, 3.8) is 0 Å². The van der Waals surface area contributed by atoms with Crippen LogP contribution in [0.1, 0.15) is 38.2 Å². The molecule has 0 aliphatic rings. The number of ketones is 1. The fraction of sp³-hybridized carbons (Fsp3) is 0.235. The number of hydrogen-bond acceptors (Lipinski definition) is 3. The zero-order valence-electron chi connectivity index (χ0n) is 12.1. The van der Waals surface area contributed by atoms with E-state index >= 15 is 0 Å². The summed E-state index contributed by atoms with van der Waals surface area (Å²) in [5.41, 5.74) is 3.63. The normalized spacial score (nSPS) is 10.6. The van der Waals surface area contributed by atoms with Gasteiger partial charge in [-0.05, 0) is 62.1 Å². The highest BCUT2D eigenvalue weighted by molar-refractivity contribution is 6.12. The summed E-state index contributed by atoms with van der Waals surface area (Å²) in [5.74, 6) is -0.411. The van der Waals surface area contributed by atoms with Crippen LogP contribution in [0, 0.1) is 27.7 Å². The fourth-order valence-corrected chi connectivity index (χ4v) is 2.11. The molecule has 0 unspecified atom stereocenters. The van der Waals surface area contributed by atoms with E-state index in [-0.39, 0.29) is 28.4 Å². The number of benzene rings is 2. The maximum Gasteiger partial charge on any atom is 0.200 e. The Bertz CT molecular complexity index is 640. The Morgan fingerprint density at radius 3 is 1.45 bits per heavy atom. The predicted octanol–water partition coefficient (Wildman–Crippen LogP) is 3.56. The summed E-state index contributed by atoms with van der Waals surface area (Å²) in [6, 6.07) is 6.77. The molecule has 20 heavy (non-hydrogen) atoms. The van der Waals surface area contributed by atoms with Crippen LogP contribution in [0.3, 0.4) is 0 Å². The Morgan fingerprint density at radius 1 is 0.750 bits per heavy atom. The minimum atomic E-state index is -0.369. The largest absolute Gasteiger partial charge is 0.507 e. The van der Waals surface area contributed by atoms with Crippen molar-refractivity contribution in [1.82, 2.24) is 0 Å². The molecule has 0 saturated carbocycles. The number of phenols is 2. The molecule has 0 atom stereocenters. The maximum atomic E-state index is 12.5. The van der Waals surface area contributed by atoms with Gasteiger partial charge in [-0.15, -0.1) is 0 Å². The smallest absolute Gasteiger partial charge is 0.200 e. The summed E-state index contributed by atoms with van der Waals surface area (Å²) >= 11 is 0. The van der Waals surface area contributed by atoms with Gasteiger partial charge in [-0.2, -0.15) is 0 Å².